The molecule has 0 saturated heterocycles. The summed E-state index contributed by atoms with van der Waals surface area (Å²) in [5.41, 5.74) is 2.26. The molecule has 1 N–H and O–H groups in total. The van der Waals surface area contributed by atoms with Gasteiger partial charge in [0.25, 0.3) is 10.0 Å². The third-order valence-corrected chi connectivity index (χ3v) is 4.97. The van der Waals surface area contributed by atoms with Crippen LogP contribution in [0.3, 0.4) is 0 Å². The highest BCUT2D eigenvalue weighted by molar-refractivity contribution is 9.10. The molecule has 0 fully saturated rings. The van der Waals surface area contributed by atoms with Crippen LogP contribution in [0.25, 0.3) is 0 Å². The smallest absolute Gasteiger partial charge is 0.262 e. The van der Waals surface area contributed by atoms with Gasteiger partial charge in [0.1, 0.15) is 0 Å². The average Bonchev–Trinajstić information content (AvgIpc) is 2.34. The van der Waals surface area contributed by atoms with Gasteiger partial charge in [-0.05, 0) is 59.1 Å². The second-order valence-corrected chi connectivity index (χ2v) is 6.86. The van der Waals surface area contributed by atoms with Crippen LogP contribution < -0.4 is 4.72 Å². The van der Waals surface area contributed by atoms with Crippen molar-refractivity contribution in [2.75, 3.05) is 4.72 Å². The van der Waals surface area contributed by atoms with Gasteiger partial charge in [-0.25, -0.2) is 8.42 Å². The first-order chi connectivity index (χ1) is 8.90. The Morgan fingerprint density at radius 3 is 2.42 bits per heavy atom. The van der Waals surface area contributed by atoms with Crippen LogP contribution in [0.4, 0.5) is 5.69 Å². The normalized spacial score (nSPS) is 11.3. The summed E-state index contributed by atoms with van der Waals surface area (Å²) >= 11 is 3.35. The molecule has 0 spiro atoms. The molecular weight excluding hydrogens is 326 g/mol. The molecule has 5 heteroatoms. The lowest BCUT2D eigenvalue weighted by Crippen LogP contribution is -2.14. The molecule has 19 heavy (non-hydrogen) atoms. The zero-order chi connectivity index (χ0) is 14.0. The lowest BCUT2D eigenvalue weighted by atomic mass is 10.2. The van der Waals surface area contributed by atoms with Crippen LogP contribution in [0.5, 0.6) is 0 Å². The molecule has 0 radical (unpaired) electrons. The highest BCUT2D eigenvalue weighted by Gasteiger charge is 2.17. The summed E-state index contributed by atoms with van der Waals surface area (Å²) < 4.78 is 28.0. The van der Waals surface area contributed by atoms with Crippen LogP contribution >= 0.6 is 15.9 Å². The fourth-order valence-corrected chi connectivity index (χ4v) is 3.57. The maximum Gasteiger partial charge on any atom is 0.262 e. The minimum absolute atomic E-state index is 0.295. The van der Waals surface area contributed by atoms with Crippen molar-refractivity contribution in [3.63, 3.8) is 0 Å². The topological polar surface area (TPSA) is 46.2 Å². The Bertz CT molecular complexity index is 711. The average molecular weight is 340 g/mol. The second kappa shape index (κ2) is 5.35. The molecule has 2 aromatic rings. The Kier molecular flexibility index (Phi) is 3.96. The first kappa shape index (κ1) is 14.1. The maximum atomic E-state index is 12.4. The minimum atomic E-state index is -3.56. The van der Waals surface area contributed by atoms with E-state index >= 15 is 0 Å². The Labute approximate surface area is 121 Å². The minimum Gasteiger partial charge on any atom is -0.278 e. The van der Waals surface area contributed by atoms with Gasteiger partial charge < -0.3 is 0 Å². The van der Waals surface area contributed by atoms with E-state index in [2.05, 4.69) is 20.7 Å². The van der Waals surface area contributed by atoms with Crippen LogP contribution in [0.15, 0.2) is 51.8 Å². The number of hydrogen-bond acceptors (Lipinski definition) is 2. The van der Waals surface area contributed by atoms with Crippen LogP contribution in [0, 0.1) is 13.8 Å². The van der Waals surface area contributed by atoms with Gasteiger partial charge >= 0.3 is 0 Å². The number of hydrogen-bond donors (Lipinski definition) is 1. The summed E-state index contributed by atoms with van der Waals surface area (Å²) in [6, 6.07) is 12.4. The number of rotatable bonds is 3. The summed E-state index contributed by atoms with van der Waals surface area (Å²) in [4.78, 5) is 0.295. The summed E-state index contributed by atoms with van der Waals surface area (Å²) in [6.45, 7) is 3.69. The Morgan fingerprint density at radius 2 is 1.74 bits per heavy atom. The van der Waals surface area contributed by atoms with Gasteiger partial charge in [-0.3, -0.25) is 4.72 Å². The maximum absolute atomic E-state index is 12.4. The molecule has 0 aliphatic rings. The van der Waals surface area contributed by atoms with Gasteiger partial charge in [-0.2, -0.15) is 0 Å². The van der Waals surface area contributed by atoms with Crippen LogP contribution in [-0.4, -0.2) is 8.42 Å². The quantitative estimate of drug-likeness (QED) is 0.922. The van der Waals surface area contributed by atoms with Crippen molar-refractivity contribution in [3.05, 3.63) is 58.1 Å². The van der Waals surface area contributed by atoms with E-state index in [1.807, 2.05) is 25.1 Å². The molecule has 0 unspecified atom stereocenters. The molecule has 0 bridgehead atoms. The van der Waals surface area contributed by atoms with Crippen LogP contribution in [0.1, 0.15) is 11.1 Å². The number of sulfonamides is 1. The number of benzene rings is 2. The monoisotopic (exact) mass is 339 g/mol. The highest BCUT2D eigenvalue weighted by Crippen LogP contribution is 2.26. The van der Waals surface area contributed by atoms with E-state index in [-0.39, 0.29) is 0 Å². The van der Waals surface area contributed by atoms with E-state index in [4.69, 9.17) is 0 Å². The van der Waals surface area contributed by atoms with E-state index in [1.54, 1.807) is 31.2 Å². The van der Waals surface area contributed by atoms with Gasteiger partial charge in [0.05, 0.1) is 10.6 Å². The van der Waals surface area contributed by atoms with Crippen molar-refractivity contribution in [2.24, 2.45) is 0 Å². The van der Waals surface area contributed by atoms with Gasteiger partial charge in [0.2, 0.25) is 0 Å². The first-order valence-corrected chi connectivity index (χ1v) is 8.02. The third-order valence-electron chi connectivity index (χ3n) is 2.75. The molecule has 0 atom stereocenters. The first-order valence-electron chi connectivity index (χ1n) is 5.75. The molecule has 0 aromatic heterocycles. The van der Waals surface area contributed by atoms with Crippen molar-refractivity contribution in [1.82, 2.24) is 0 Å². The van der Waals surface area contributed by atoms with E-state index in [9.17, 15) is 8.42 Å². The molecule has 0 aliphatic heterocycles. The summed E-state index contributed by atoms with van der Waals surface area (Å²) in [7, 11) is -3.56. The Morgan fingerprint density at radius 1 is 1.05 bits per heavy atom. The van der Waals surface area contributed by atoms with Crippen molar-refractivity contribution < 1.29 is 8.42 Å². The Hall–Kier alpha value is -1.33. The van der Waals surface area contributed by atoms with Crippen LogP contribution in [0.2, 0.25) is 0 Å². The lowest BCUT2D eigenvalue weighted by Gasteiger charge is -2.12. The molecule has 2 rings (SSSR count). The second-order valence-electron chi connectivity index (χ2n) is 4.35. The van der Waals surface area contributed by atoms with E-state index in [1.165, 1.54) is 0 Å². The fourth-order valence-electron chi connectivity index (χ4n) is 1.78. The third kappa shape index (κ3) is 3.16. The molecule has 2 aromatic carbocycles. The molecule has 0 amide bonds. The molecule has 0 saturated carbocycles. The van der Waals surface area contributed by atoms with Crippen molar-refractivity contribution >= 4 is 31.6 Å². The standard InChI is InChI=1S/C14H14BrNO2S/c1-10-7-8-12(15)13(9-10)16-19(17,18)14-6-4-3-5-11(14)2/h3-9,16H,1-2H3. The van der Waals surface area contributed by atoms with E-state index in [0.717, 1.165) is 15.6 Å². The largest absolute Gasteiger partial charge is 0.278 e. The van der Waals surface area contributed by atoms with Gasteiger partial charge in [-0.1, -0.05) is 24.3 Å². The van der Waals surface area contributed by atoms with Crippen molar-refractivity contribution in [2.45, 2.75) is 18.7 Å². The van der Waals surface area contributed by atoms with E-state index < -0.39 is 10.0 Å². The number of nitrogens with one attached hydrogen (secondary N) is 1. The number of anilines is 1. The molecule has 0 aliphatic carbocycles. The molecule has 3 nitrogen and oxygen atoms in total. The predicted molar refractivity (Wildman–Crippen MR) is 80.9 cm³/mol. The number of halogens is 1. The fraction of sp³-hybridized carbons (Fsp3) is 0.143. The molecule has 100 valence electrons. The van der Waals surface area contributed by atoms with Gasteiger partial charge in [0.15, 0.2) is 0 Å². The predicted octanol–water partition coefficient (Wildman–Crippen LogP) is 3.87. The zero-order valence-electron chi connectivity index (χ0n) is 10.6. The van der Waals surface area contributed by atoms with Gasteiger partial charge in [-0.15, -0.1) is 0 Å². The zero-order valence-corrected chi connectivity index (χ0v) is 13.0. The van der Waals surface area contributed by atoms with Crippen LogP contribution in [-0.2, 0) is 10.0 Å². The summed E-state index contributed by atoms with van der Waals surface area (Å²) in [5.74, 6) is 0. The summed E-state index contributed by atoms with van der Waals surface area (Å²) in [6.07, 6.45) is 0. The highest BCUT2D eigenvalue weighted by atomic mass is 79.9. The van der Waals surface area contributed by atoms with Crippen molar-refractivity contribution in [3.8, 4) is 0 Å². The summed E-state index contributed by atoms with van der Waals surface area (Å²) in [5, 5.41) is 0. The molecule has 0 heterocycles. The SMILES string of the molecule is Cc1ccc(Br)c(NS(=O)(=O)c2ccccc2C)c1. The number of aryl methyl sites for hydroxylation is 2. The van der Waals surface area contributed by atoms with E-state index in [0.29, 0.717) is 10.6 Å². The van der Waals surface area contributed by atoms with Gasteiger partial charge in [0, 0.05) is 4.47 Å². The van der Waals surface area contributed by atoms with Crippen molar-refractivity contribution in [1.29, 1.82) is 0 Å². The molecular formula is C14H14BrNO2S. The Balaban J connectivity index is 2.43. The lowest BCUT2D eigenvalue weighted by molar-refractivity contribution is 0.600.